The Labute approximate surface area is 92.1 Å². The molecule has 0 radical (unpaired) electrons. The molecule has 0 amide bonds. The Morgan fingerprint density at radius 3 is 2.60 bits per heavy atom. The van der Waals surface area contributed by atoms with Gasteiger partial charge in [-0.1, -0.05) is 13.3 Å². The van der Waals surface area contributed by atoms with E-state index >= 15 is 0 Å². The van der Waals surface area contributed by atoms with Crippen LogP contribution in [0, 0.1) is 11.3 Å². The highest BCUT2D eigenvalue weighted by molar-refractivity contribution is 5.79. The number of hydrogen-bond donors (Lipinski definition) is 3. The second-order valence-corrected chi connectivity index (χ2v) is 4.24. The SMILES string of the molecule is CCC(CCCC(C)(C=O)NC)C(=N)N. The van der Waals surface area contributed by atoms with Gasteiger partial charge >= 0.3 is 0 Å². The molecule has 15 heavy (non-hydrogen) atoms. The van der Waals surface area contributed by atoms with Gasteiger partial charge in [0.05, 0.1) is 11.4 Å². The number of amidine groups is 1. The van der Waals surface area contributed by atoms with E-state index in [0.717, 1.165) is 32.0 Å². The minimum Gasteiger partial charge on any atom is -0.387 e. The van der Waals surface area contributed by atoms with Crippen LogP contribution in [-0.2, 0) is 4.79 Å². The van der Waals surface area contributed by atoms with E-state index in [2.05, 4.69) is 5.32 Å². The number of rotatable bonds is 8. The van der Waals surface area contributed by atoms with Crippen LogP contribution in [0.2, 0.25) is 0 Å². The maximum Gasteiger partial charge on any atom is 0.139 e. The van der Waals surface area contributed by atoms with E-state index in [-0.39, 0.29) is 11.8 Å². The smallest absolute Gasteiger partial charge is 0.139 e. The first-order chi connectivity index (χ1) is 6.99. The van der Waals surface area contributed by atoms with Crippen LogP contribution >= 0.6 is 0 Å². The van der Waals surface area contributed by atoms with Crippen LogP contribution in [0.1, 0.15) is 39.5 Å². The van der Waals surface area contributed by atoms with Crippen LogP contribution in [0.3, 0.4) is 0 Å². The number of likely N-dealkylation sites (N-methyl/N-ethyl adjacent to an activating group) is 1. The monoisotopic (exact) mass is 213 g/mol. The summed E-state index contributed by atoms with van der Waals surface area (Å²) in [5, 5.41) is 10.4. The summed E-state index contributed by atoms with van der Waals surface area (Å²) in [6.45, 7) is 3.91. The standard InChI is InChI=1S/C11H23N3O/c1-4-9(10(12)13)6-5-7-11(2,8-15)14-3/h8-9,14H,4-7H2,1-3H3,(H3,12,13). The average molecular weight is 213 g/mol. The molecule has 0 spiro atoms. The van der Waals surface area contributed by atoms with Crippen molar-refractivity contribution >= 4 is 12.1 Å². The van der Waals surface area contributed by atoms with E-state index in [0.29, 0.717) is 0 Å². The lowest BCUT2D eigenvalue weighted by Crippen LogP contribution is -2.41. The van der Waals surface area contributed by atoms with E-state index in [1.165, 1.54) is 0 Å². The van der Waals surface area contributed by atoms with E-state index in [1.807, 2.05) is 13.8 Å². The molecule has 0 saturated carbocycles. The Morgan fingerprint density at radius 1 is 1.67 bits per heavy atom. The summed E-state index contributed by atoms with van der Waals surface area (Å²) in [5.74, 6) is 0.424. The fourth-order valence-corrected chi connectivity index (χ4v) is 1.54. The number of hydrogen-bond acceptors (Lipinski definition) is 3. The summed E-state index contributed by atoms with van der Waals surface area (Å²) in [4.78, 5) is 10.8. The first-order valence-electron chi connectivity index (χ1n) is 5.48. The topological polar surface area (TPSA) is 79.0 Å². The molecule has 0 aliphatic heterocycles. The largest absolute Gasteiger partial charge is 0.387 e. The molecule has 2 unspecified atom stereocenters. The maximum absolute atomic E-state index is 10.8. The molecular weight excluding hydrogens is 190 g/mol. The summed E-state index contributed by atoms with van der Waals surface area (Å²) in [6, 6.07) is 0. The lowest BCUT2D eigenvalue weighted by molar-refractivity contribution is -0.112. The molecular formula is C11H23N3O. The predicted octanol–water partition coefficient (Wildman–Crippen LogP) is 1.30. The zero-order valence-electron chi connectivity index (χ0n) is 9.97. The Hall–Kier alpha value is -0.900. The molecule has 0 bridgehead atoms. The fraction of sp³-hybridized carbons (Fsp3) is 0.818. The third-order valence-corrected chi connectivity index (χ3v) is 3.01. The normalized spacial score (nSPS) is 16.7. The van der Waals surface area contributed by atoms with Gasteiger partial charge in [0.15, 0.2) is 0 Å². The Balaban J connectivity index is 3.96. The van der Waals surface area contributed by atoms with Gasteiger partial charge in [-0.05, 0) is 33.2 Å². The van der Waals surface area contributed by atoms with Crippen molar-refractivity contribution in [3.8, 4) is 0 Å². The van der Waals surface area contributed by atoms with Gasteiger partial charge in [0.2, 0.25) is 0 Å². The van der Waals surface area contributed by atoms with Crippen molar-refractivity contribution in [1.82, 2.24) is 5.32 Å². The Morgan fingerprint density at radius 2 is 2.27 bits per heavy atom. The Kier molecular flexibility index (Phi) is 6.17. The lowest BCUT2D eigenvalue weighted by Gasteiger charge is -2.23. The summed E-state index contributed by atoms with van der Waals surface area (Å²) in [6.07, 6.45) is 4.43. The number of aldehydes is 1. The third-order valence-electron chi connectivity index (χ3n) is 3.01. The number of nitrogens with two attached hydrogens (primary N) is 1. The molecule has 0 aromatic heterocycles. The quantitative estimate of drug-likeness (QED) is 0.323. The highest BCUT2D eigenvalue weighted by Gasteiger charge is 2.21. The van der Waals surface area contributed by atoms with Gasteiger partial charge in [0.1, 0.15) is 6.29 Å². The molecule has 4 nitrogen and oxygen atoms in total. The second kappa shape index (κ2) is 6.56. The molecule has 88 valence electrons. The van der Waals surface area contributed by atoms with Crippen molar-refractivity contribution in [3.05, 3.63) is 0 Å². The predicted molar refractivity (Wildman–Crippen MR) is 63.1 cm³/mol. The third kappa shape index (κ3) is 4.93. The van der Waals surface area contributed by atoms with Crippen molar-refractivity contribution in [3.63, 3.8) is 0 Å². The minimum atomic E-state index is -0.435. The van der Waals surface area contributed by atoms with Gasteiger partial charge in [0.25, 0.3) is 0 Å². The molecule has 0 heterocycles. The van der Waals surface area contributed by atoms with Crippen molar-refractivity contribution < 1.29 is 4.79 Å². The van der Waals surface area contributed by atoms with Gasteiger partial charge in [-0.25, -0.2) is 0 Å². The van der Waals surface area contributed by atoms with Crippen molar-refractivity contribution in [2.75, 3.05) is 7.05 Å². The van der Waals surface area contributed by atoms with Crippen LogP contribution in [0.5, 0.6) is 0 Å². The van der Waals surface area contributed by atoms with E-state index < -0.39 is 5.54 Å². The van der Waals surface area contributed by atoms with Gasteiger partial charge in [-0.2, -0.15) is 0 Å². The molecule has 2 atom stereocenters. The second-order valence-electron chi connectivity index (χ2n) is 4.24. The lowest BCUT2D eigenvalue weighted by atomic mass is 9.91. The number of carbonyl (C=O) groups is 1. The van der Waals surface area contributed by atoms with Crippen LogP contribution in [0.4, 0.5) is 0 Å². The van der Waals surface area contributed by atoms with E-state index in [1.54, 1.807) is 7.05 Å². The van der Waals surface area contributed by atoms with Crippen molar-refractivity contribution in [2.45, 2.75) is 45.1 Å². The molecule has 0 rings (SSSR count). The molecule has 0 aliphatic carbocycles. The molecule has 0 aliphatic rings. The van der Waals surface area contributed by atoms with E-state index in [9.17, 15) is 4.79 Å². The summed E-state index contributed by atoms with van der Waals surface area (Å²) < 4.78 is 0. The van der Waals surface area contributed by atoms with Gasteiger partial charge in [-0.15, -0.1) is 0 Å². The maximum atomic E-state index is 10.8. The van der Waals surface area contributed by atoms with Crippen LogP contribution in [0.15, 0.2) is 0 Å². The molecule has 0 aromatic rings. The van der Waals surface area contributed by atoms with Crippen molar-refractivity contribution in [1.29, 1.82) is 5.41 Å². The van der Waals surface area contributed by atoms with Crippen LogP contribution in [-0.4, -0.2) is 24.7 Å². The van der Waals surface area contributed by atoms with Crippen LogP contribution in [0.25, 0.3) is 0 Å². The fourth-order valence-electron chi connectivity index (χ4n) is 1.54. The first kappa shape index (κ1) is 14.1. The highest BCUT2D eigenvalue weighted by Crippen LogP contribution is 2.16. The molecule has 4 N–H and O–H groups in total. The van der Waals surface area contributed by atoms with Crippen molar-refractivity contribution in [2.24, 2.45) is 11.7 Å². The highest BCUT2D eigenvalue weighted by atomic mass is 16.1. The van der Waals surface area contributed by atoms with Gasteiger partial charge in [-0.3, -0.25) is 5.41 Å². The summed E-state index contributed by atoms with van der Waals surface area (Å²) >= 11 is 0. The molecule has 0 aromatic carbocycles. The molecule has 0 saturated heterocycles. The zero-order valence-corrected chi connectivity index (χ0v) is 9.97. The van der Waals surface area contributed by atoms with E-state index in [4.69, 9.17) is 11.1 Å². The number of carbonyl (C=O) groups excluding carboxylic acids is 1. The zero-order chi connectivity index (χ0) is 11.9. The van der Waals surface area contributed by atoms with Gasteiger partial charge < -0.3 is 15.8 Å². The van der Waals surface area contributed by atoms with Gasteiger partial charge in [0, 0.05) is 5.92 Å². The number of nitrogens with one attached hydrogen (secondary N) is 2. The average Bonchev–Trinajstić information content (AvgIpc) is 2.23. The summed E-state index contributed by atoms with van der Waals surface area (Å²) in [5.41, 5.74) is 5.02. The molecule has 0 fully saturated rings. The summed E-state index contributed by atoms with van der Waals surface area (Å²) in [7, 11) is 1.79. The van der Waals surface area contributed by atoms with Crippen LogP contribution < -0.4 is 11.1 Å². The minimum absolute atomic E-state index is 0.165. The Bertz CT molecular complexity index is 218. The first-order valence-corrected chi connectivity index (χ1v) is 5.48. The molecule has 4 heteroatoms.